The van der Waals surface area contributed by atoms with Crippen LogP contribution in [0.25, 0.3) is 6.08 Å². The molecule has 1 aromatic carbocycles. The molecule has 0 saturated heterocycles. The fourth-order valence-electron chi connectivity index (χ4n) is 2.27. The highest BCUT2D eigenvalue weighted by atomic mass is 16.5. The Morgan fingerprint density at radius 1 is 1.36 bits per heavy atom. The average molecular weight is 297 g/mol. The summed E-state index contributed by atoms with van der Waals surface area (Å²) in [6.45, 7) is 1.21. The molecule has 0 bridgehead atoms. The molecule has 4 heteroatoms. The molecule has 0 aromatic heterocycles. The summed E-state index contributed by atoms with van der Waals surface area (Å²) < 4.78 is 5.72. The molecule has 1 aromatic rings. The summed E-state index contributed by atoms with van der Waals surface area (Å²) in [5.41, 5.74) is 0.890. The number of nitrogens with zero attached hydrogens (tertiary/aromatic N) is 1. The summed E-state index contributed by atoms with van der Waals surface area (Å²) in [6.07, 6.45) is 9.63. The van der Waals surface area contributed by atoms with Gasteiger partial charge in [-0.15, -0.1) is 0 Å². The number of amides is 2. The molecule has 4 nitrogen and oxygen atoms in total. The third-order valence-corrected chi connectivity index (χ3v) is 3.77. The van der Waals surface area contributed by atoms with Gasteiger partial charge in [-0.1, -0.05) is 18.2 Å². The lowest BCUT2D eigenvalue weighted by Crippen LogP contribution is -2.37. The van der Waals surface area contributed by atoms with Gasteiger partial charge < -0.3 is 4.74 Å². The van der Waals surface area contributed by atoms with Gasteiger partial charge in [-0.05, 0) is 55.0 Å². The maximum absolute atomic E-state index is 12.0. The van der Waals surface area contributed by atoms with Crippen molar-refractivity contribution in [2.45, 2.75) is 19.3 Å². The predicted octanol–water partition coefficient (Wildman–Crippen LogP) is 2.80. The van der Waals surface area contributed by atoms with Crippen LogP contribution in [0.4, 0.5) is 0 Å². The van der Waals surface area contributed by atoms with Crippen molar-refractivity contribution in [2.75, 3.05) is 13.2 Å². The van der Waals surface area contributed by atoms with Crippen molar-refractivity contribution in [3.63, 3.8) is 0 Å². The molecule has 1 aliphatic heterocycles. The number of ether oxygens (including phenoxy) is 1. The summed E-state index contributed by atoms with van der Waals surface area (Å²) in [5.74, 6) is 0.999. The molecule has 0 spiro atoms. The Balaban J connectivity index is 1.61. The van der Waals surface area contributed by atoms with E-state index in [1.165, 1.54) is 29.9 Å². The number of benzene rings is 1. The zero-order chi connectivity index (χ0) is 15.4. The van der Waals surface area contributed by atoms with Crippen LogP contribution in [0.3, 0.4) is 0 Å². The van der Waals surface area contributed by atoms with E-state index in [0.29, 0.717) is 12.5 Å². The zero-order valence-electron chi connectivity index (χ0n) is 12.4. The molecule has 22 heavy (non-hydrogen) atoms. The number of imide groups is 1. The first kappa shape index (κ1) is 14.6. The third-order valence-electron chi connectivity index (χ3n) is 3.77. The van der Waals surface area contributed by atoms with E-state index in [0.717, 1.165) is 24.3 Å². The molecule has 1 saturated carbocycles. The second-order valence-corrected chi connectivity index (χ2v) is 5.68. The van der Waals surface area contributed by atoms with Crippen LogP contribution < -0.4 is 4.74 Å². The van der Waals surface area contributed by atoms with E-state index in [9.17, 15) is 9.59 Å². The van der Waals surface area contributed by atoms with Crippen molar-refractivity contribution < 1.29 is 14.3 Å². The van der Waals surface area contributed by atoms with Crippen LogP contribution >= 0.6 is 0 Å². The number of rotatable bonds is 5. The number of hydrogen-bond acceptors (Lipinski definition) is 3. The van der Waals surface area contributed by atoms with Crippen molar-refractivity contribution in [2.24, 2.45) is 5.92 Å². The van der Waals surface area contributed by atoms with Crippen molar-refractivity contribution in [1.29, 1.82) is 0 Å². The third kappa shape index (κ3) is 3.85. The van der Waals surface area contributed by atoms with E-state index < -0.39 is 0 Å². The second-order valence-electron chi connectivity index (χ2n) is 5.68. The highest BCUT2D eigenvalue weighted by molar-refractivity contribution is 6.06. The quantitative estimate of drug-likeness (QED) is 0.785. The predicted molar refractivity (Wildman–Crippen MR) is 84.2 cm³/mol. The second kappa shape index (κ2) is 6.60. The molecule has 2 amide bonds. The van der Waals surface area contributed by atoms with Gasteiger partial charge in [-0.2, -0.15) is 0 Å². The first-order valence-corrected chi connectivity index (χ1v) is 7.65. The van der Waals surface area contributed by atoms with Gasteiger partial charge in [0.25, 0.3) is 11.8 Å². The molecular weight excluding hydrogens is 278 g/mol. The molecule has 0 radical (unpaired) electrons. The minimum absolute atomic E-state index is 0.248. The van der Waals surface area contributed by atoms with E-state index in [1.54, 1.807) is 12.2 Å². The lowest BCUT2D eigenvalue weighted by Gasteiger charge is -2.19. The van der Waals surface area contributed by atoms with Crippen LogP contribution in [0.5, 0.6) is 5.75 Å². The SMILES string of the molecule is O=C1C=CCCN1C(=O)/C=C/c1cccc(OCC2CC2)c1. The summed E-state index contributed by atoms with van der Waals surface area (Å²) in [5, 5.41) is 0. The van der Waals surface area contributed by atoms with Gasteiger partial charge in [-0.25, -0.2) is 0 Å². The van der Waals surface area contributed by atoms with Crippen molar-refractivity contribution in [3.8, 4) is 5.75 Å². The number of hydrogen-bond donors (Lipinski definition) is 0. The molecule has 3 rings (SSSR count). The van der Waals surface area contributed by atoms with Crippen LogP contribution in [0.15, 0.2) is 42.5 Å². The molecular formula is C18H19NO3. The fraction of sp³-hybridized carbons (Fsp3) is 0.333. The van der Waals surface area contributed by atoms with Gasteiger partial charge in [0.1, 0.15) is 5.75 Å². The molecule has 1 fully saturated rings. The van der Waals surface area contributed by atoms with E-state index in [2.05, 4.69) is 0 Å². The zero-order valence-corrected chi connectivity index (χ0v) is 12.4. The van der Waals surface area contributed by atoms with Gasteiger partial charge in [-0.3, -0.25) is 14.5 Å². The van der Waals surface area contributed by atoms with Crippen LogP contribution in [0.1, 0.15) is 24.8 Å². The lowest BCUT2D eigenvalue weighted by molar-refractivity contribution is -0.139. The van der Waals surface area contributed by atoms with E-state index in [1.807, 2.05) is 24.3 Å². The highest BCUT2D eigenvalue weighted by Crippen LogP contribution is 2.29. The van der Waals surface area contributed by atoms with Gasteiger partial charge >= 0.3 is 0 Å². The molecule has 2 aliphatic rings. The summed E-state index contributed by atoms with van der Waals surface area (Å²) in [7, 11) is 0. The largest absolute Gasteiger partial charge is 0.493 e. The van der Waals surface area contributed by atoms with Crippen LogP contribution in [0, 0.1) is 5.92 Å². The van der Waals surface area contributed by atoms with E-state index in [-0.39, 0.29) is 11.8 Å². The molecule has 0 atom stereocenters. The van der Waals surface area contributed by atoms with Gasteiger partial charge in [0, 0.05) is 12.6 Å². The smallest absolute Gasteiger partial charge is 0.253 e. The van der Waals surface area contributed by atoms with Crippen LogP contribution in [-0.2, 0) is 9.59 Å². The first-order valence-electron chi connectivity index (χ1n) is 7.65. The standard InChI is InChI=1S/C18H19NO3/c20-17-6-1-2-11-19(17)18(21)10-9-14-4-3-5-16(12-14)22-13-15-7-8-15/h1,3-6,9-10,12,15H,2,7-8,11,13H2/b10-9+. The Hall–Kier alpha value is -2.36. The van der Waals surface area contributed by atoms with Gasteiger partial charge in [0.05, 0.1) is 6.61 Å². The number of carbonyl (C=O) groups excluding carboxylic acids is 2. The normalized spacial score (nSPS) is 18.0. The van der Waals surface area contributed by atoms with Crippen LogP contribution in [-0.4, -0.2) is 29.9 Å². The minimum Gasteiger partial charge on any atom is -0.493 e. The van der Waals surface area contributed by atoms with Gasteiger partial charge in [0.2, 0.25) is 0 Å². The fourth-order valence-corrected chi connectivity index (χ4v) is 2.27. The maximum atomic E-state index is 12.0. The molecule has 1 aliphatic carbocycles. The van der Waals surface area contributed by atoms with Crippen LogP contribution in [0.2, 0.25) is 0 Å². The Kier molecular flexibility index (Phi) is 4.37. The Bertz CT molecular complexity index is 629. The van der Waals surface area contributed by atoms with Crippen molar-refractivity contribution in [1.82, 2.24) is 4.90 Å². The number of carbonyl (C=O) groups is 2. The molecule has 0 unspecified atom stereocenters. The summed E-state index contributed by atoms with van der Waals surface area (Å²) in [4.78, 5) is 24.9. The topological polar surface area (TPSA) is 46.6 Å². The maximum Gasteiger partial charge on any atom is 0.253 e. The van der Waals surface area contributed by atoms with Crippen molar-refractivity contribution in [3.05, 3.63) is 48.1 Å². The first-order chi connectivity index (χ1) is 10.7. The van der Waals surface area contributed by atoms with E-state index >= 15 is 0 Å². The molecule has 0 N–H and O–H groups in total. The Morgan fingerprint density at radius 3 is 3.00 bits per heavy atom. The molecule has 1 heterocycles. The highest BCUT2D eigenvalue weighted by Gasteiger charge is 2.22. The van der Waals surface area contributed by atoms with Crippen molar-refractivity contribution >= 4 is 17.9 Å². The summed E-state index contributed by atoms with van der Waals surface area (Å²) >= 11 is 0. The molecule has 114 valence electrons. The summed E-state index contributed by atoms with van der Waals surface area (Å²) in [6, 6.07) is 7.64. The minimum atomic E-state index is -0.279. The van der Waals surface area contributed by atoms with Gasteiger partial charge in [0.15, 0.2) is 0 Å². The monoisotopic (exact) mass is 297 g/mol. The van der Waals surface area contributed by atoms with E-state index in [4.69, 9.17) is 4.74 Å². The lowest BCUT2D eigenvalue weighted by atomic mass is 10.2. The average Bonchev–Trinajstić information content (AvgIpc) is 3.36. The Morgan fingerprint density at radius 2 is 2.23 bits per heavy atom. The Labute approximate surface area is 130 Å².